The highest BCUT2D eigenvalue weighted by Crippen LogP contribution is 2.22. The van der Waals surface area contributed by atoms with Crippen molar-refractivity contribution in [2.45, 2.75) is 0 Å². The molecule has 7 heteroatoms. The third-order valence-electron chi connectivity index (χ3n) is 1.43. The molecule has 4 nitrogen and oxygen atoms in total. The van der Waals surface area contributed by atoms with Crippen LogP contribution in [0.25, 0.3) is 0 Å². The van der Waals surface area contributed by atoms with Crippen molar-refractivity contribution in [1.82, 2.24) is 4.98 Å². The first-order valence-electron chi connectivity index (χ1n) is 3.32. The molecule has 0 atom stereocenters. The number of pyridine rings is 1. The van der Waals surface area contributed by atoms with Gasteiger partial charge in [0.25, 0.3) is 0 Å². The van der Waals surface area contributed by atoms with E-state index < -0.39 is 7.12 Å². The lowest BCUT2D eigenvalue weighted by Gasteiger charge is -2.08. The second-order valence-corrected chi connectivity index (χ2v) is 3.00. The van der Waals surface area contributed by atoms with Crippen molar-refractivity contribution >= 4 is 35.8 Å². The van der Waals surface area contributed by atoms with Crippen LogP contribution in [0, 0.1) is 0 Å². The highest BCUT2D eigenvalue weighted by atomic mass is 35.5. The van der Waals surface area contributed by atoms with E-state index >= 15 is 0 Å². The van der Waals surface area contributed by atoms with Crippen LogP contribution in [0.15, 0.2) is 6.20 Å². The molecule has 0 bridgehead atoms. The van der Waals surface area contributed by atoms with Crippen molar-refractivity contribution in [3.63, 3.8) is 0 Å². The zero-order valence-corrected chi connectivity index (χ0v) is 8.17. The third-order valence-corrected chi connectivity index (χ3v) is 2.09. The van der Waals surface area contributed by atoms with Gasteiger partial charge in [-0.15, -0.1) is 0 Å². The molecule has 0 aliphatic rings. The van der Waals surface area contributed by atoms with E-state index in [1.54, 1.807) is 0 Å². The molecule has 0 aromatic carbocycles. The summed E-state index contributed by atoms with van der Waals surface area (Å²) < 4.78 is 4.77. The highest BCUT2D eigenvalue weighted by Gasteiger charge is 2.22. The Labute approximate surface area is 85.2 Å². The van der Waals surface area contributed by atoms with Crippen molar-refractivity contribution < 1.29 is 14.8 Å². The number of hydrogen-bond donors (Lipinski definition) is 2. The minimum absolute atomic E-state index is 0.00446. The van der Waals surface area contributed by atoms with Gasteiger partial charge < -0.3 is 14.8 Å². The monoisotopic (exact) mass is 221 g/mol. The number of aromatic nitrogens is 1. The molecule has 1 aromatic heterocycles. The maximum Gasteiger partial charge on any atom is 0.491 e. The third kappa shape index (κ3) is 2.06. The molecule has 0 saturated carbocycles. The first kappa shape index (κ1) is 10.6. The smallest absolute Gasteiger partial charge is 0.480 e. The lowest BCUT2D eigenvalue weighted by Crippen LogP contribution is -2.32. The van der Waals surface area contributed by atoms with E-state index in [1.165, 1.54) is 13.3 Å². The molecule has 0 aliphatic carbocycles. The number of halogens is 2. The Hall–Kier alpha value is -0.485. The quantitative estimate of drug-likeness (QED) is 0.695. The minimum atomic E-state index is -1.74. The predicted octanol–water partition coefficient (Wildman–Crippen LogP) is 0.0768. The van der Waals surface area contributed by atoms with Crippen LogP contribution >= 0.6 is 23.2 Å². The normalized spacial score (nSPS) is 9.92. The molecule has 0 unspecified atom stereocenters. The van der Waals surface area contributed by atoms with Gasteiger partial charge in [0, 0.05) is 11.7 Å². The van der Waals surface area contributed by atoms with E-state index in [4.69, 9.17) is 38.0 Å². The SMILES string of the molecule is COc1ncc(Cl)c(B(O)O)c1Cl. The van der Waals surface area contributed by atoms with Crippen LogP contribution in [-0.2, 0) is 0 Å². The molecule has 2 N–H and O–H groups in total. The average molecular weight is 222 g/mol. The molecular weight excluding hydrogens is 216 g/mol. The lowest BCUT2D eigenvalue weighted by atomic mass is 9.81. The average Bonchev–Trinajstić information content (AvgIpc) is 2.04. The van der Waals surface area contributed by atoms with Gasteiger partial charge in [0.2, 0.25) is 5.88 Å². The van der Waals surface area contributed by atoms with Gasteiger partial charge in [-0.05, 0) is 0 Å². The first-order valence-corrected chi connectivity index (χ1v) is 4.07. The number of rotatable bonds is 2. The standard InChI is InChI=1S/C6H6BCl2NO3/c1-13-6-5(9)4(7(11)12)3(8)2-10-6/h2,11-12H,1H3. The number of ether oxygens (including phenoxy) is 1. The van der Waals surface area contributed by atoms with Crippen molar-refractivity contribution in [1.29, 1.82) is 0 Å². The van der Waals surface area contributed by atoms with Crippen molar-refractivity contribution in [2.24, 2.45) is 0 Å². The van der Waals surface area contributed by atoms with Crippen LogP contribution in [0.2, 0.25) is 10.0 Å². The Kier molecular flexibility index (Phi) is 3.38. The number of methoxy groups -OCH3 is 1. The Bertz CT molecular complexity index is 321. The maximum absolute atomic E-state index is 8.91. The molecule has 1 heterocycles. The zero-order chi connectivity index (χ0) is 10.0. The number of nitrogens with zero attached hydrogens (tertiary/aromatic N) is 1. The van der Waals surface area contributed by atoms with Crippen molar-refractivity contribution in [2.75, 3.05) is 7.11 Å². The summed E-state index contributed by atoms with van der Waals surface area (Å²) in [6.07, 6.45) is 1.24. The largest absolute Gasteiger partial charge is 0.491 e. The summed E-state index contributed by atoms with van der Waals surface area (Å²) in [5.74, 6) is 0.106. The van der Waals surface area contributed by atoms with Crippen LogP contribution in [-0.4, -0.2) is 29.3 Å². The molecule has 13 heavy (non-hydrogen) atoms. The summed E-state index contributed by atoms with van der Waals surface area (Å²) in [4.78, 5) is 3.73. The van der Waals surface area contributed by atoms with Gasteiger partial charge in [-0.1, -0.05) is 23.2 Å². The van der Waals surface area contributed by atoms with Gasteiger partial charge in [0.1, 0.15) is 5.02 Å². The van der Waals surface area contributed by atoms with Crippen LogP contribution in [0.3, 0.4) is 0 Å². The van der Waals surface area contributed by atoms with Gasteiger partial charge in [0.05, 0.1) is 12.1 Å². The van der Waals surface area contributed by atoms with E-state index in [0.29, 0.717) is 0 Å². The molecule has 0 aliphatic heterocycles. The zero-order valence-electron chi connectivity index (χ0n) is 6.66. The fraction of sp³-hybridized carbons (Fsp3) is 0.167. The highest BCUT2D eigenvalue weighted by molar-refractivity contribution is 6.66. The summed E-state index contributed by atoms with van der Waals surface area (Å²) in [5, 5.41) is 17.9. The van der Waals surface area contributed by atoms with Crippen LogP contribution in [0.1, 0.15) is 0 Å². The van der Waals surface area contributed by atoms with E-state index in [-0.39, 0.29) is 21.4 Å². The first-order chi connectivity index (χ1) is 6.07. The second kappa shape index (κ2) is 4.15. The van der Waals surface area contributed by atoms with Gasteiger partial charge in [-0.25, -0.2) is 4.98 Å². The van der Waals surface area contributed by atoms with Crippen molar-refractivity contribution in [3.05, 3.63) is 16.2 Å². The summed E-state index contributed by atoms with van der Waals surface area (Å²) in [6.45, 7) is 0. The number of hydrogen-bond acceptors (Lipinski definition) is 4. The molecule has 0 radical (unpaired) electrons. The Balaban J connectivity index is 3.30. The molecule has 0 amide bonds. The molecular formula is C6H6BCl2NO3. The Morgan fingerprint density at radius 3 is 2.54 bits per heavy atom. The van der Waals surface area contributed by atoms with Crippen LogP contribution in [0.5, 0.6) is 5.88 Å². The van der Waals surface area contributed by atoms with Gasteiger partial charge in [-0.2, -0.15) is 0 Å². The molecule has 0 spiro atoms. The molecule has 70 valence electrons. The Morgan fingerprint density at radius 2 is 2.08 bits per heavy atom. The fourth-order valence-electron chi connectivity index (χ4n) is 0.841. The van der Waals surface area contributed by atoms with E-state index in [1.807, 2.05) is 0 Å². The Morgan fingerprint density at radius 1 is 1.46 bits per heavy atom. The van der Waals surface area contributed by atoms with Crippen LogP contribution in [0.4, 0.5) is 0 Å². The fourth-order valence-corrected chi connectivity index (χ4v) is 1.46. The predicted molar refractivity (Wildman–Crippen MR) is 50.6 cm³/mol. The van der Waals surface area contributed by atoms with Gasteiger partial charge >= 0.3 is 7.12 Å². The van der Waals surface area contributed by atoms with E-state index in [0.717, 1.165) is 0 Å². The summed E-state index contributed by atoms with van der Waals surface area (Å²) >= 11 is 11.3. The minimum Gasteiger partial charge on any atom is -0.480 e. The summed E-state index contributed by atoms with van der Waals surface area (Å²) in [7, 11) is -0.368. The van der Waals surface area contributed by atoms with Crippen LogP contribution < -0.4 is 10.2 Å². The van der Waals surface area contributed by atoms with Gasteiger partial charge in [0.15, 0.2) is 0 Å². The molecule has 1 aromatic rings. The molecule has 0 fully saturated rings. The molecule has 1 rings (SSSR count). The van der Waals surface area contributed by atoms with E-state index in [9.17, 15) is 0 Å². The molecule has 0 saturated heterocycles. The van der Waals surface area contributed by atoms with Gasteiger partial charge in [-0.3, -0.25) is 0 Å². The maximum atomic E-state index is 8.91. The summed E-state index contributed by atoms with van der Waals surface area (Å²) in [5.41, 5.74) is -0.00446. The summed E-state index contributed by atoms with van der Waals surface area (Å²) in [6, 6.07) is 0. The second-order valence-electron chi connectivity index (χ2n) is 2.22. The lowest BCUT2D eigenvalue weighted by molar-refractivity contribution is 0.397. The topological polar surface area (TPSA) is 62.6 Å². The van der Waals surface area contributed by atoms with E-state index in [2.05, 4.69) is 4.98 Å². The van der Waals surface area contributed by atoms with Crippen molar-refractivity contribution in [3.8, 4) is 5.88 Å².